The molecule has 0 aromatic heterocycles. The molecule has 6 nitrogen and oxygen atoms in total. The Morgan fingerprint density at radius 2 is 1.92 bits per heavy atom. The highest BCUT2D eigenvalue weighted by Crippen LogP contribution is 2.14. The summed E-state index contributed by atoms with van der Waals surface area (Å²) in [5, 5.41) is 6.74. The summed E-state index contributed by atoms with van der Waals surface area (Å²) in [4.78, 5) is 7.10. The minimum absolute atomic E-state index is 0. The van der Waals surface area contributed by atoms with Crippen LogP contribution >= 0.6 is 24.0 Å². The van der Waals surface area contributed by atoms with Crippen molar-refractivity contribution in [3.05, 3.63) is 0 Å². The molecular formula is C19H41IN4O2. The van der Waals surface area contributed by atoms with E-state index in [0.717, 1.165) is 90.9 Å². The van der Waals surface area contributed by atoms with Crippen molar-refractivity contribution in [1.29, 1.82) is 0 Å². The monoisotopic (exact) mass is 484 g/mol. The first kappa shape index (κ1) is 25.9. The zero-order valence-corrected chi connectivity index (χ0v) is 19.4. The van der Waals surface area contributed by atoms with Gasteiger partial charge in [-0.15, -0.1) is 24.0 Å². The number of rotatable bonds is 13. The Labute approximate surface area is 177 Å². The van der Waals surface area contributed by atoms with Crippen LogP contribution in [0, 0.1) is 5.92 Å². The topological polar surface area (TPSA) is 58.1 Å². The molecule has 0 radical (unpaired) electrons. The van der Waals surface area contributed by atoms with E-state index in [-0.39, 0.29) is 24.0 Å². The number of guanidine groups is 1. The number of likely N-dealkylation sites (N-methyl/N-ethyl adjacent to an activating group) is 1. The van der Waals surface area contributed by atoms with E-state index < -0.39 is 0 Å². The lowest BCUT2D eigenvalue weighted by Crippen LogP contribution is -2.41. The summed E-state index contributed by atoms with van der Waals surface area (Å²) in [5.74, 6) is 1.60. The van der Waals surface area contributed by atoms with Gasteiger partial charge in [0.25, 0.3) is 0 Å². The van der Waals surface area contributed by atoms with Crippen LogP contribution in [0.4, 0.5) is 0 Å². The average Bonchev–Trinajstić information content (AvgIpc) is 2.64. The van der Waals surface area contributed by atoms with Gasteiger partial charge in [-0.1, -0.05) is 13.8 Å². The van der Waals surface area contributed by atoms with E-state index >= 15 is 0 Å². The molecule has 0 unspecified atom stereocenters. The van der Waals surface area contributed by atoms with Gasteiger partial charge in [-0.3, -0.25) is 4.99 Å². The second-order valence-electron chi connectivity index (χ2n) is 6.61. The molecule has 1 heterocycles. The maximum atomic E-state index is 5.80. The maximum Gasteiger partial charge on any atom is 0.191 e. The van der Waals surface area contributed by atoms with Crippen molar-refractivity contribution in [2.45, 2.75) is 46.5 Å². The third kappa shape index (κ3) is 13.1. The van der Waals surface area contributed by atoms with E-state index in [1.54, 1.807) is 0 Å². The van der Waals surface area contributed by atoms with E-state index in [9.17, 15) is 0 Å². The lowest BCUT2D eigenvalue weighted by molar-refractivity contribution is 0.0205. The Balaban J connectivity index is 0.00000625. The Morgan fingerprint density at radius 3 is 2.58 bits per heavy atom. The average molecular weight is 484 g/mol. The summed E-state index contributed by atoms with van der Waals surface area (Å²) >= 11 is 0. The van der Waals surface area contributed by atoms with Crippen LogP contribution in [0.3, 0.4) is 0 Å². The standard InChI is InChI=1S/C19H40N4O2.HI/c1-4-12-23(6-3)13-11-22-19(20-5-2)21-10-7-14-25-17-18-8-15-24-16-9-18;/h18H,4-17H2,1-3H3,(H2,20,21,22);1H. The maximum absolute atomic E-state index is 5.80. The molecular weight excluding hydrogens is 443 g/mol. The predicted molar refractivity (Wildman–Crippen MR) is 121 cm³/mol. The van der Waals surface area contributed by atoms with Crippen LogP contribution in [0.25, 0.3) is 0 Å². The highest BCUT2D eigenvalue weighted by atomic mass is 127. The zero-order chi connectivity index (χ0) is 18.2. The number of nitrogens with one attached hydrogen (secondary N) is 2. The summed E-state index contributed by atoms with van der Waals surface area (Å²) < 4.78 is 11.2. The molecule has 26 heavy (non-hydrogen) atoms. The molecule has 0 bridgehead atoms. The SMILES string of the molecule is CCCN(CC)CCNC(=NCCCOCC1CCOCC1)NCC.I. The largest absolute Gasteiger partial charge is 0.381 e. The molecule has 2 N–H and O–H groups in total. The third-order valence-electron chi connectivity index (χ3n) is 4.46. The molecule has 7 heteroatoms. The molecule has 1 fully saturated rings. The summed E-state index contributed by atoms with van der Waals surface area (Å²) in [6.45, 7) is 15.9. The molecule has 1 rings (SSSR count). The normalized spacial score (nSPS) is 15.8. The van der Waals surface area contributed by atoms with Gasteiger partial charge in [-0.25, -0.2) is 0 Å². The number of hydrogen-bond donors (Lipinski definition) is 2. The van der Waals surface area contributed by atoms with Gasteiger partial charge in [0.05, 0.1) is 0 Å². The van der Waals surface area contributed by atoms with Crippen molar-refractivity contribution in [3.63, 3.8) is 0 Å². The van der Waals surface area contributed by atoms with Gasteiger partial charge in [0, 0.05) is 52.6 Å². The highest BCUT2D eigenvalue weighted by Gasteiger charge is 2.13. The fraction of sp³-hybridized carbons (Fsp3) is 0.947. The fourth-order valence-electron chi connectivity index (χ4n) is 2.94. The predicted octanol–water partition coefficient (Wildman–Crippen LogP) is 2.72. The summed E-state index contributed by atoms with van der Waals surface area (Å²) in [6.07, 6.45) is 4.45. The van der Waals surface area contributed by atoms with E-state index in [1.807, 2.05) is 0 Å². The number of halogens is 1. The van der Waals surface area contributed by atoms with Crippen LogP contribution < -0.4 is 10.6 Å². The molecule has 1 aliphatic heterocycles. The quantitative estimate of drug-likeness (QED) is 0.182. The van der Waals surface area contributed by atoms with Gasteiger partial charge >= 0.3 is 0 Å². The number of ether oxygens (including phenoxy) is 2. The molecule has 0 aromatic rings. The van der Waals surface area contributed by atoms with Crippen molar-refractivity contribution in [2.75, 3.05) is 65.7 Å². The van der Waals surface area contributed by atoms with E-state index in [1.165, 1.54) is 6.42 Å². The van der Waals surface area contributed by atoms with Gasteiger partial charge in [0.2, 0.25) is 0 Å². The van der Waals surface area contributed by atoms with Crippen LogP contribution in [0.15, 0.2) is 4.99 Å². The van der Waals surface area contributed by atoms with Gasteiger partial charge in [-0.2, -0.15) is 0 Å². The molecule has 0 aromatic carbocycles. The van der Waals surface area contributed by atoms with Crippen LogP contribution in [0.5, 0.6) is 0 Å². The molecule has 0 saturated carbocycles. The van der Waals surface area contributed by atoms with Crippen molar-refractivity contribution in [3.8, 4) is 0 Å². The Bertz CT molecular complexity index is 340. The Morgan fingerprint density at radius 1 is 1.15 bits per heavy atom. The van der Waals surface area contributed by atoms with Crippen LogP contribution in [-0.2, 0) is 9.47 Å². The summed E-state index contributed by atoms with van der Waals surface area (Å²) in [7, 11) is 0. The number of nitrogens with zero attached hydrogens (tertiary/aromatic N) is 2. The molecule has 0 atom stereocenters. The second kappa shape index (κ2) is 18.3. The molecule has 0 aliphatic carbocycles. The first-order valence-electron chi connectivity index (χ1n) is 10.2. The smallest absolute Gasteiger partial charge is 0.191 e. The molecule has 1 aliphatic rings. The van der Waals surface area contributed by atoms with E-state index in [4.69, 9.17) is 9.47 Å². The van der Waals surface area contributed by atoms with Crippen molar-refractivity contribution < 1.29 is 9.47 Å². The third-order valence-corrected chi connectivity index (χ3v) is 4.46. The van der Waals surface area contributed by atoms with Crippen molar-refractivity contribution in [1.82, 2.24) is 15.5 Å². The number of hydrogen-bond acceptors (Lipinski definition) is 4. The van der Waals surface area contributed by atoms with Crippen molar-refractivity contribution >= 4 is 29.9 Å². The van der Waals surface area contributed by atoms with Crippen LogP contribution in [0.2, 0.25) is 0 Å². The Hall–Kier alpha value is -0.120. The van der Waals surface area contributed by atoms with Gasteiger partial charge in [0.1, 0.15) is 0 Å². The molecule has 1 saturated heterocycles. The highest BCUT2D eigenvalue weighted by molar-refractivity contribution is 14.0. The first-order valence-corrected chi connectivity index (χ1v) is 10.2. The molecule has 156 valence electrons. The minimum atomic E-state index is 0. The second-order valence-corrected chi connectivity index (χ2v) is 6.61. The minimum Gasteiger partial charge on any atom is -0.381 e. The lowest BCUT2D eigenvalue weighted by Gasteiger charge is -2.21. The van der Waals surface area contributed by atoms with Gasteiger partial charge in [-0.05, 0) is 51.6 Å². The number of aliphatic imine (C=N–C) groups is 1. The van der Waals surface area contributed by atoms with E-state index in [0.29, 0.717) is 5.92 Å². The fourth-order valence-corrected chi connectivity index (χ4v) is 2.94. The van der Waals surface area contributed by atoms with Crippen LogP contribution in [-0.4, -0.2) is 76.6 Å². The zero-order valence-electron chi connectivity index (χ0n) is 17.1. The van der Waals surface area contributed by atoms with Crippen molar-refractivity contribution in [2.24, 2.45) is 10.9 Å². The molecule has 0 spiro atoms. The van der Waals surface area contributed by atoms with Gasteiger partial charge < -0.3 is 25.0 Å². The van der Waals surface area contributed by atoms with Crippen LogP contribution in [0.1, 0.15) is 46.5 Å². The lowest BCUT2D eigenvalue weighted by atomic mass is 10.0. The first-order chi connectivity index (χ1) is 12.3. The van der Waals surface area contributed by atoms with Gasteiger partial charge in [0.15, 0.2) is 5.96 Å². The van der Waals surface area contributed by atoms with E-state index in [2.05, 4.69) is 41.3 Å². The Kier molecular flexibility index (Phi) is 18.2. The summed E-state index contributed by atoms with van der Waals surface area (Å²) in [5.41, 5.74) is 0. The molecule has 0 amide bonds. The summed E-state index contributed by atoms with van der Waals surface area (Å²) in [6, 6.07) is 0.